The highest BCUT2D eigenvalue weighted by Crippen LogP contribution is 2.15. The van der Waals surface area contributed by atoms with Gasteiger partial charge in [0.25, 0.3) is 0 Å². The van der Waals surface area contributed by atoms with Crippen molar-refractivity contribution >= 4 is 0 Å². The Kier molecular flexibility index (Phi) is 3.40. The summed E-state index contributed by atoms with van der Waals surface area (Å²) in [6.07, 6.45) is 2.16. The van der Waals surface area contributed by atoms with Crippen molar-refractivity contribution in [3.63, 3.8) is 0 Å². The molecule has 0 aliphatic carbocycles. The quantitative estimate of drug-likeness (QED) is 0.714. The smallest absolute Gasteiger partial charge is 0.00229 e. The average Bonchev–Trinajstić information content (AvgIpc) is 2.30. The number of benzene rings is 2. The van der Waals surface area contributed by atoms with Gasteiger partial charge in [0.2, 0.25) is 0 Å². The van der Waals surface area contributed by atoms with E-state index in [0.29, 0.717) is 0 Å². The Morgan fingerprint density at radius 2 is 1.62 bits per heavy atom. The summed E-state index contributed by atoms with van der Waals surface area (Å²) in [6.45, 7) is 4.37. The van der Waals surface area contributed by atoms with E-state index in [1.54, 1.807) is 0 Å². The predicted octanol–water partition coefficient (Wildman–Crippen LogP) is 4.15. The second-order valence-electron chi connectivity index (χ2n) is 4.29. The van der Waals surface area contributed by atoms with E-state index in [1.165, 1.54) is 22.3 Å². The van der Waals surface area contributed by atoms with Crippen LogP contribution in [-0.4, -0.2) is 0 Å². The topological polar surface area (TPSA) is 0 Å². The molecule has 0 bridgehead atoms. The number of rotatable bonds is 3. The third-order valence-electron chi connectivity index (χ3n) is 2.98. The Morgan fingerprint density at radius 3 is 2.31 bits per heavy atom. The van der Waals surface area contributed by atoms with Gasteiger partial charge in [0.05, 0.1) is 0 Å². The van der Waals surface area contributed by atoms with E-state index in [0.717, 1.165) is 12.8 Å². The molecule has 0 nitrogen and oxygen atoms in total. The summed E-state index contributed by atoms with van der Waals surface area (Å²) >= 11 is 0. The zero-order valence-electron chi connectivity index (χ0n) is 10.0. The van der Waals surface area contributed by atoms with Crippen LogP contribution in [0.2, 0.25) is 0 Å². The SMILES string of the molecule is CCc1ccccc1Cc1cccc(C)c1. The maximum absolute atomic E-state index is 2.27. The summed E-state index contributed by atoms with van der Waals surface area (Å²) in [5.41, 5.74) is 5.66. The maximum Gasteiger partial charge on any atom is -0.00229 e. The minimum atomic E-state index is 1.05. The van der Waals surface area contributed by atoms with Gasteiger partial charge in [-0.3, -0.25) is 0 Å². The molecule has 0 saturated heterocycles. The monoisotopic (exact) mass is 210 g/mol. The number of hydrogen-bond donors (Lipinski definition) is 0. The average molecular weight is 210 g/mol. The van der Waals surface area contributed by atoms with Crippen molar-refractivity contribution < 1.29 is 0 Å². The molecule has 0 saturated carbocycles. The molecule has 16 heavy (non-hydrogen) atoms. The van der Waals surface area contributed by atoms with Gasteiger partial charge < -0.3 is 0 Å². The van der Waals surface area contributed by atoms with Crippen molar-refractivity contribution in [1.29, 1.82) is 0 Å². The fraction of sp³-hybridized carbons (Fsp3) is 0.250. The van der Waals surface area contributed by atoms with E-state index in [1.807, 2.05) is 0 Å². The van der Waals surface area contributed by atoms with Gasteiger partial charge in [-0.25, -0.2) is 0 Å². The van der Waals surface area contributed by atoms with E-state index in [-0.39, 0.29) is 0 Å². The van der Waals surface area contributed by atoms with Gasteiger partial charge in [-0.2, -0.15) is 0 Å². The molecule has 2 aromatic carbocycles. The first-order valence-corrected chi connectivity index (χ1v) is 5.92. The Balaban J connectivity index is 2.26. The molecule has 0 fully saturated rings. The maximum atomic E-state index is 2.27. The van der Waals surface area contributed by atoms with E-state index in [9.17, 15) is 0 Å². The standard InChI is InChI=1S/C16H18/c1-3-15-9-4-5-10-16(15)12-14-8-6-7-13(2)11-14/h4-11H,3,12H2,1-2H3. The molecule has 0 unspecified atom stereocenters. The van der Waals surface area contributed by atoms with E-state index >= 15 is 0 Å². The Bertz CT molecular complexity index is 469. The van der Waals surface area contributed by atoms with Crippen molar-refractivity contribution in [2.45, 2.75) is 26.7 Å². The number of aryl methyl sites for hydroxylation is 2. The summed E-state index contributed by atoms with van der Waals surface area (Å²) in [4.78, 5) is 0. The summed E-state index contributed by atoms with van der Waals surface area (Å²) in [5.74, 6) is 0. The van der Waals surface area contributed by atoms with Gasteiger partial charge in [0, 0.05) is 0 Å². The summed E-state index contributed by atoms with van der Waals surface area (Å²) in [7, 11) is 0. The lowest BCUT2D eigenvalue weighted by molar-refractivity contribution is 1.06. The first-order valence-electron chi connectivity index (χ1n) is 5.92. The second-order valence-corrected chi connectivity index (χ2v) is 4.29. The third-order valence-corrected chi connectivity index (χ3v) is 2.98. The zero-order valence-corrected chi connectivity index (χ0v) is 10.0. The van der Waals surface area contributed by atoms with Crippen LogP contribution in [0.25, 0.3) is 0 Å². The van der Waals surface area contributed by atoms with Crippen molar-refractivity contribution in [2.24, 2.45) is 0 Å². The Morgan fingerprint density at radius 1 is 0.875 bits per heavy atom. The summed E-state index contributed by atoms with van der Waals surface area (Å²) in [5, 5.41) is 0. The minimum absolute atomic E-state index is 1.05. The molecule has 0 radical (unpaired) electrons. The highest BCUT2D eigenvalue weighted by Gasteiger charge is 2.01. The highest BCUT2D eigenvalue weighted by molar-refractivity contribution is 5.34. The first kappa shape index (κ1) is 10.9. The van der Waals surface area contributed by atoms with Gasteiger partial charge in [0.15, 0.2) is 0 Å². The molecular weight excluding hydrogens is 192 g/mol. The number of hydrogen-bond acceptors (Lipinski definition) is 0. The van der Waals surface area contributed by atoms with E-state index in [2.05, 4.69) is 62.4 Å². The zero-order chi connectivity index (χ0) is 11.4. The van der Waals surface area contributed by atoms with Gasteiger partial charge in [0.1, 0.15) is 0 Å². The Hall–Kier alpha value is -1.56. The third kappa shape index (κ3) is 2.52. The first-order chi connectivity index (χ1) is 7.79. The summed E-state index contributed by atoms with van der Waals surface area (Å²) < 4.78 is 0. The van der Waals surface area contributed by atoms with Crippen molar-refractivity contribution in [1.82, 2.24) is 0 Å². The predicted molar refractivity (Wildman–Crippen MR) is 69.8 cm³/mol. The van der Waals surface area contributed by atoms with E-state index in [4.69, 9.17) is 0 Å². The van der Waals surface area contributed by atoms with Crippen LogP contribution >= 0.6 is 0 Å². The van der Waals surface area contributed by atoms with Crippen LogP contribution in [0.1, 0.15) is 29.2 Å². The lowest BCUT2D eigenvalue weighted by atomic mass is 9.98. The van der Waals surface area contributed by atoms with Crippen molar-refractivity contribution in [3.8, 4) is 0 Å². The fourth-order valence-corrected chi connectivity index (χ4v) is 2.12. The molecule has 0 aromatic heterocycles. The molecule has 0 heteroatoms. The Labute approximate surface area is 97.9 Å². The molecular formula is C16H18. The van der Waals surface area contributed by atoms with Crippen LogP contribution in [0.5, 0.6) is 0 Å². The molecule has 0 N–H and O–H groups in total. The molecule has 2 aromatic rings. The lowest BCUT2D eigenvalue weighted by Crippen LogP contribution is -1.94. The fourth-order valence-electron chi connectivity index (χ4n) is 2.12. The minimum Gasteiger partial charge on any atom is -0.0620 e. The molecule has 0 aliphatic heterocycles. The van der Waals surface area contributed by atoms with Crippen LogP contribution in [-0.2, 0) is 12.8 Å². The van der Waals surface area contributed by atoms with Crippen molar-refractivity contribution in [3.05, 3.63) is 70.8 Å². The molecule has 0 aliphatic rings. The molecule has 0 atom stereocenters. The van der Waals surface area contributed by atoms with Crippen LogP contribution < -0.4 is 0 Å². The van der Waals surface area contributed by atoms with Crippen LogP contribution in [0.15, 0.2) is 48.5 Å². The van der Waals surface area contributed by atoms with E-state index < -0.39 is 0 Å². The molecule has 0 spiro atoms. The molecule has 2 rings (SSSR count). The van der Waals surface area contributed by atoms with Gasteiger partial charge >= 0.3 is 0 Å². The van der Waals surface area contributed by atoms with Gasteiger partial charge in [-0.05, 0) is 36.5 Å². The van der Waals surface area contributed by atoms with Crippen LogP contribution in [0, 0.1) is 6.92 Å². The van der Waals surface area contributed by atoms with Crippen molar-refractivity contribution in [2.75, 3.05) is 0 Å². The lowest BCUT2D eigenvalue weighted by Gasteiger charge is -2.08. The second kappa shape index (κ2) is 4.98. The molecule has 0 heterocycles. The van der Waals surface area contributed by atoms with Crippen LogP contribution in [0.3, 0.4) is 0 Å². The normalized spacial score (nSPS) is 10.4. The van der Waals surface area contributed by atoms with Gasteiger partial charge in [-0.1, -0.05) is 61.0 Å². The van der Waals surface area contributed by atoms with Crippen LogP contribution in [0.4, 0.5) is 0 Å². The summed E-state index contributed by atoms with van der Waals surface area (Å²) in [6, 6.07) is 17.5. The highest BCUT2D eigenvalue weighted by atomic mass is 14.1. The largest absolute Gasteiger partial charge is 0.0620 e. The van der Waals surface area contributed by atoms with Gasteiger partial charge in [-0.15, -0.1) is 0 Å². The molecule has 0 amide bonds. The molecule has 82 valence electrons.